The number of anilines is 1. The molecule has 1 aromatic rings. The first-order valence-corrected chi connectivity index (χ1v) is 5.54. The highest BCUT2D eigenvalue weighted by Gasteiger charge is 2.30. The van der Waals surface area contributed by atoms with Gasteiger partial charge in [-0.15, -0.1) is 0 Å². The van der Waals surface area contributed by atoms with Gasteiger partial charge in [0.1, 0.15) is 0 Å². The Morgan fingerprint density at radius 1 is 1.47 bits per heavy atom. The van der Waals surface area contributed by atoms with E-state index in [-0.39, 0.29) is 5.91 Å². The van der Waals surface area contributed by atoms with Crippen LogP contribution in [0.15, 0.2) is 18.2 Å². The third-order valence-electron chi connectivity index (χ3n) is 3.10. The minimum absolute atomic E-state index is 0.0272. The fraction of sp³-hybridized carbons (Fsp3) is 0.385. The summed E-state index contributed by atoms with van der Waals surface area (Å²) in [6.07, 6.45) is 0.779. The largest absolute Gasteiger partial charge is 0.481 e. The molecule has 0 saturated carbocycles. The van der Waals surface area contributed by atoms with Crippen LogP contribution in [0, 0.1) is 5.41 Å². The highest BCUT2D eigenvalue weighted by atomic mass is 16.4. The molecule has 0 radical (unpaired) electrons. The molecule has 4 nitrogen and oxygen atoms in total. The summed E-state index contributed by atoms with van der Waals surface area (Å²) in [5.74, 6) is -0.854. The first-order chi connectivity index (χ1) is 7.90. The summed E-state index contributed by atoms with van der Waals surface area (Å²) in [7, 11) is 0. The van der Waals surface area contributed by atoms with Crippen molar-refractivity contribution in [1.82, 2.24) is 0 Å². The number of carbonyl (C=O) groups is 2. The molecule has 0 aromatic heterocycles. The van der Waals surface area contributed by atoms with Crippen LogP contribution in [0.5, 0.6) is 0 Å². The Labute approximate surface area is 99.6 Å². The van der Waals surface area contributed by atoms with Gasteiger partial charge in [-0.3, -0.25) is 9.59 Å². The Morgan fingerprint density at radius 3 is 2.82 bits per heavy atom. The van der Waals surface area contributed by atoms with Crippen LogP contribution in [0.25, 0.3) is 0 Å². The van der Waals surface area contributed by atoms with Crippen molar-refractivity contribution >= 4 is 17.6 Å². The standard InChI is InChI=1S/C13H15NO3/c1-13(2,12(16)17)7-8-4-3-5-10-9(8)6-11(15)14-10/h3-5H,6-7H2,1-2H3,(H,14,15)(H,16,17). The summed E-state index contributed by atoms with van der Waals surface area (Å²) in [5, 5.41) is 11.9. The summed E-state index contributed by atoms with van der Waals surface area (Å²) in [6.45, 7) is 3.39. The highest BCUT2D eigenvalue weighted by molar-refractivity contribution is 5.99. The van der Waals surface area contributed by atoms with Crippen molar-refractivity contribution in [1.29, 1.82) is 0 Å². The zero-order chi connectivity index (χ0) is 12.6. The van der Waals surface area contributed by atoms with E-state index in [4.69, 9.17) is 5.11 Å². The van der Waals surface area contributed by atoms with E-state index >= 15 is 0 Å². The van der Waals surface area contributed by atoms with Crippen LogP contribution in [-0.4, -0.2) is 17.0 Å². The van der Waals surface area contributed by atoms with Crippen molar-refractivity contribution < 1.29 is 14.7 Å². The molecule has 90 valence electrons. The zero-order valence-corrected chi connectivity index (χ0v) is 9.91. The molecule has 0 atom stereocenters. The summed E-state index contributed by atoms with van der Waals surface area (Å²) in [4.78, 5) is 22.4. The van der Waals surface area contributed by atoms with Crippen LogP contribution in [0.3, 0.4) is 0 Å². The number of amides is 1. The van der Waals surface area contributed by atoms with Gasteiger partial charge in [-0.2, -0.15) is 0 Å². The molecule has 4 heteroatoms. The normalized spacial score (nSPS) is 14.4. The van der Waals surface area contributed by atoms with E-state index in [0.29, 0.717) is 12.8 Å². The van der Waals surface area contributed by atoms with Crippen LogP contribution in [-0.2, 0) is 22.4 Å². The lowest BCUT2D eigenvalue weighted by Gasteiger charge is -2.20. The van der Waals surface area contributed by atoms with Crippen molar-refractivity contribution in [3.8, 4) is 0 Å². The Bertz CT molecular complexity index is 491. The van der Waals surface area contributed by atoms with E-state index < -0.39 is 11.4 Å². The van der Waals surface area contributed by atoms with Gasteiger partial charge in [0.15, 0.2) is 0 Å². The number of hydrogen-bond donors (Lipinski definition) is 2. The minimum atomic E-state index is -0.826. The van der Waals surface area contributed by atoms with Crippen molar-refractivity contribution in [2.45, 2.75) is 26.7 Å². The number of rotatable bonds is 3. The molecular formula is C13H15NO3. The monoisotopic (exact) mass is 233 g/mol. The first kappa shape index (κ1) is 11.6. The molecule has 0 spiro atoms. The fourth-order valence-electron chi connectivity index (χ4n) is 2.03. The molecule has 0 aliphatic carbocycles. The lowest BCUT2D eigenvalue weighted by atomic mass is 9.84. The van der Waals surface area contributed by atoms with Crippen molar-refractivity contribution in [2.24, 2.45) is 5.41 Å². The number of fused-ring (bicyclic) bond motifs is 1. The third-order valence-corrected chi connectivity index (χ3v) is 3.10. The van der Waals surface area contributed by atoms with Gasteiger partial charge in [0.05, 0.1) is 11.8 Å². The van der Waals surface area contributed by atoms with Gasteiger partial charge in [-0.05, 0) is 37.5 Å². The maximum atomic E-state index is 11.3. The molecule has 1 heterocycles. The molecule has 1 aromatic carbocycles. The number of hydrogen-bond acceptors (Lipinski definition) is 2. The fourth-order valence-corrected chi connectivity index (χ4v) is 2.03. The second-order valence-corrected chi connectivity index (χ2v) is 5.03. The number of nitrogens with one attached hydrogen (secondary N) is 1. The predicted molar refractivity (Wildman–Crippen MR) is 63.9 cm³/mol. The van der Waals surface area contributed by atoms with E-state index in [9.17, 15) is 9.59 Å². The van der Waals surface area contributed by atoms with Gasteiger partial charge in [-0.25, -0.2) is 0 Å². The molecule has 0 bridgehead atoms. The Balaban J connectivity index is 2.33. The molecule has 0 saturated heterocycles. The van der Waals surface area contributed by atoms with Crippen LogP contribution >= 0.6 is 0 Å². The van der Waals surface area contributed by atoms with Crippen LogP contribution in [0.1, 0.15) is 25.0 Å². The van der Waals surface area contributed by atoms with Gasteiger partial charge in [0.25, 0.3) is 0 Å². The quantitative estimate of drug-likeness (QED) is 0.837. The van der Waals surface area contributed by atoms with E-state index in [2.05, 4.69) is 5.32 Å². The zero-order valence-electron chi connectivity index (χ0n) is 9.91. The average Bonchev–Trinajstić information content (AvgIpc) is 2.59. The summed E-state index contributed by atoms with van der Waals surface area (Å²) >= 11 is 0. The smallest absolute Gasteiger partial charge is 0.309 e. The lowest BCUT2D eigenvalue weighted by Crippen LogP contribution is -2.26. The maximum absolute atomic E-state index is 11.3. The number of carboxylic acid groups (broad SMARTS) is 1. The van der Waals surface area contributed by atoms with Gasteiger partial charge in [-0.1, -0.05) is 12.1 Å². The molecule has 2 rings (SSSR count). The van der Waals surface area contributed by atoms with Gasteiger partial charge < -0.3 is 10.4 Å². The maximum Gasteiger partial charge on any atom is 0.309 e. The number of carbonyl (C=O) groups excluding carboxylic acids is 1. The van der Waals surface area contributed by atoms with E-state index in [0.717, 1.165) is 16.8 Å². The van der Waals surface area contributed by atoms with E-state index in [1.165, 1.54) is 0 Å². The van der Waals surface area contributed by atoms with E-state index in [1.54, 1.807) is 13.8 Å². The number of benzene rings is 1. The summed E-state index contributed by atoms with van der Waals surface area (Å²) in [6, 6.07) is 5.58. The Hall–Kier alpha value is -1.84. The van der Waals surface area contributed by atoms with Gasteiger partial charge in [0.2, 0.25) is 5.91 Å². The molecule has 0 unspecified atom stereocenters. The van der Waals surface area contributed by atoms with Crippen molar-refractivity contribution in [2.75, 3.05) is 5.32 Å². The van der Waals surface area contributed by atoms with E-state index in [1.807, 2.05) is 18.2 Å². The van der Waals surface area contributed by atoms with Crippen LogP contribution in [0.2, 0.25) is 0 Å². The number of aliphatic carboxylic acids is 1. The van der Waals surface area contributed by atoms with Crippen LogP contribution in [0.4, 0.5) is 5.69 Å². The number of carboxylic acids is 1. The van der Waals surface area contributed by atoms with Crippen LogP contribution < -0.4 is 5.32 Å². The molecule has 0 fully saturated rings. The summed E-state index contributed by atoms with van der Waals surface area (Å²) in [5.41, 5.74) is 1.87. The molecular weight excluding hydrogens is 218 g/mol. The third kappa shape index (κ3) is 2.16. The Morgan fingerprint density at radius 2 is 2.18 bits per heavy atom. The van der Waals surface area contributed by atoms with Crippen molar-refractivity contribution in [3.63, 3.8) is 0 Å². The molecule has 1 aliphatic rings. The second-order valence-electron chi connectivity index (χ2n) is 5.03. The molecule has 1 amide bonds. The van der Waals surface area contributed by atoms with Gasteiger partial charge in [0, 0.05) is 5.69 Å². The SMILES string of the molecule is CC(C)(Cc1cccc2c1CC(=O)N2)C(=O)O. The lowest BCUT2D eigenvalue weighted by molar-refractivity contribution is -0.146. The van der Waals surface area contributed by atoms with Crippen molar-refractivity contribution in [3.05, 3.63) is 29.3 Å². The topological polar surface area (TPSA) is 66.4 Å². The second kappa shape index (κ2) is 3.87. The molecule has 2 N–H and O–H groups in total. The molecule has 17 heavy (non-hydrogen) atoms. The highest BCUT2D eigenvalue weighted by Crippen LogP contribution is 2.31. The molecule has 1 aliphatic heterocycles. The minimum Gasteiger partial charge on any atom is -0.481 e. The first-order valence-electron chi connectivity index (χ1n) is 5.54. The van der Waals surface area contributed by atoms with Gasteiger partial charge >= 0.3 is 5.97 Å². The Kier molecular flexibility index (Phi) is 2.65. The predicted octanol–water partition coefficient (Wildman–Crippen LogP) is 1.83. The summed E-state index contributed by atoms with van der Waals surface area (Å²) < 4.78 is 0. The average molecular weight is 233 g/mol.